The van der Waals surface area contributed by atoms with Gasteiger partial charge in [-0.1, -0.05) is 31.9 Å². The third-order valence-corrected chi connectivity index (χ3v) is 3.99. The van der Waals surface area contributed by atoms with Crippen LogP contribution < -0.4 is 5.32 Å². The average molecular weight is 249 g/mol. The molecule has 2 atom stereocenters. The van der Waals surface area contributed by atoms with Gasteiger partial charge in [0.2, 0.25) is 0 Å². The number of rotatable bonds is 6. The SMILES string of the molecule is CCC(CC1CC1)NC(C)c1ccc(C)c(F)c1. The van der Waals surface area contributed by atoms with Crippen molar-refractivity contribution in [3.05, 3.63) is 35.1 Å². The fourth-order valence-electron chi connectivity index (χ4n) is 2.44. The molecule has 1 aliphatic carbocycles. The highest BCUT2D eigenvalue weighted by atomic mass is 19.1. The molecule has 0 bridgehead atoms. The Morgan fingerprint density at radius 3 is 2.67 bits per heavy atom. The minimum Gasteiger partial charge on any atom is -0.307 e. The fraction of sp³-hybridized carbons (Fsp3) is 0.625. The molecule has 1 aromatic carbocycles. The zero-order valence-electron chi connectivity index (χ0n) is 11.7. The zero-order chi connectivity index (χ0) is 13.1. The van der Waals surface area contributed by atoms with Gasteiger partial charge in [0.15, 0.2) is 0 Å². The maximum atomic E-state index is 13.6. The summed E-state index contributed by atoms with van der Waals surface area (Å²) >= 11 is 0. The second-order valence-corrected chi connectivity index (χ2v) is 5.68. The monoisotopic (exact) mass is 249 g/mol. The standard InChI is InChI=1S/C16H24FN/c1-4-15(9-13-6-7-13)18-12(3)14-8-5-11(2)16(17)10-14/h5,8,10,12-13,15,18H,4,6-7,9H2,1-3H3. The van der Waals surface area contributed by atoms with Gasteiger partial charge in [0.25, 0.3) is 0 Å². The van der Waals surface area contributed by atoms with Crippen LogP contribution in [0.1, 0.15) is 56.7 Å². The Labute approximate surface area is 110 Å². The maximum Gasteiger partial charge on any atom is 0.126 e. The highest BCUT2D eigenvalue weighted by Gasteiger charge is 2.25. The Kier molecular flexibility index (Phi) is 4.39. The first-order valence-corrected chi connectivity index (χ1v) is 7.12. The van der Waals surface area contributed by atoms with Crippen molar-refractivity contribution in [1.29, 1.82) is 0 Å². The minimum absolute atomic E-state index is 0.101. The normalized spacial score (nSPS) is 18.7. The molecule has 1 N–H and O–H groups in total. The van der Waals surface area contributed by atoms with Crippen LogP contribution >= 0.6 is 0 Å². The molecule has 0 saturated heterocycles. The average Bonchev–Trinajstić information content (AvgIpc) is 3.15. The van der Waals surface area contributed by atoms with Gasteiger partial charge in [0.1, 0.15) is 5.82 Å². The molecular formula is C16H24FN. The number of halogens is 1. The first-order chi connectivity index (χ1) is 8.60. The molecule has 1 aromatic rings. The summed E-state index contributed by atoms with van der Waals surface area (Å²) in [6, 6.07) is 6.35. The predicted molar refractivity (Wildman–Crippen MR) is 74.1 cm³/mol. The number of hydrogen-bond donors (Lipinski definition) is 1. The third-order valence-electron chi connectivity index (χ3n) is 3.99. The van der Waals surface area contributed by atoms with E-state index in [1.807, 2.05) is 12.1 Å². The summed E-state index contributed by atoms with van der Waals surface area (Å²) in [4.78, 5) is 0. The van der Waals surface area contributed by atoms with Gasteiger partial charge in [-0.2, -0.15) is 0 Å². The van der Waals surface area contributed by atoms with Crippen LogP contribution in [-0.4, -0.2) is 6.04 Å². The van der Waals surface area contributed by atoms with Crippen molar-refractivity contribution < 1.29 is 4.39 Å². The van der Waals surface area contributed by atoms with Gasteiger partial charge >= 0.3 is 0 Å². The van der Waals surface area contributed by atoms with Crippen molar-refractivity contribution in [3.63, 3.8) is 0 Å². The largest absolute Gasteiger partial charge is 0.307 e. The highest BCUT2D eigenvalue weighted by Crippen LogP contribution is 2.34. The van der Waals surface area contributed by atoms with Crippen molar-refractivity contribution in [3.8, 4) is 0 Å². The number of benzene rings is 1. The molecule has 100 valence electrons. The first-order valence-electron chi connectivity index (χ1n) is 7.12. The molecule has 0 radical (unpaired) electrons. The summed E-state index contributed by atoms with van der Waals surface area (Å²) in [5.74, 6) is 0.834. The van der Waals surface area contributed by atoms with E-state index in [2.05, 4.69) is 19.2 Å². The molecule has 1 aliphatic rings. The lowest BCUT2D eigenvalue weighted by Crippen LogP contribution is -2.31. The van der Waals surface area contributed by atoms with Gasteiger partial charge in [-0.15, -0.1) is 0 Å². The van der Waals surface area contributed by atoms with Crippen molar-refractivity contribution >= 4 is 0 Å². The Bertz CT molecular complexity index is 398. The van der Waals surface area contributed by atoms with Crippen LogP contribution in [0.4, 0.5) is 4.39 Å². The number of nitrogens with one attached hydrogen (secondary N) is 1. The van der Waals surface area contributed by atoms with E-state index in [0.717, 1.165) is 23.5 Å². The number of aryl methyl sites for hydroxylation is 1. The first kappa shape index (κ1) is 13.5. The summed E-state index contributed by atoms with van der Waals surface area (Å²) in [5.41, 5.74) is 1.77. The van der Waals surface area contributed by atoms with E-state index < -0.39 is 0 Å². The lowest BCUT2D eigenvalue weighted by atomic mass is 10.0. The van der Waals surface area contributed by atoms with E-state index in [9.17, 15) is 4.39 Å². The lowest BCUT2D eigenvalue weighted by molar-refractivity contribution is 0.403. The van der Waals surface area contributed by atoms with E-state index >= 15 is 0 Å². The second kappa shape index (κ2) is 5.83. The quantitative estimate of drug-likeness (QED) is 0.789. The van der Waals surface area contributed by atoms with Crippen molar-refractivity contribution in [2.24, 2.45) is 5.92 Å². The second-order valence-electron chi connectivity index (χ2n) is 5.68. The summed E-state index contributed by atoms with van der Waals surface area (Å²) < 4.78 is 13.6. The molecule has 0 amide bonds. The van der Waals surface area contributed by atoms with Gasteiger partial charge < -0.3 is 5.32 Å². The summed E-state index contributed by atoms with van der Waals surface area (Å²) in [6.45, 7) is 6.15. The summed E-state index contributed by atoms with van der Waals surface area (Å²) in [7, 11) is 0. The van der Waals surface area contributed by atoms with Crippen molar-refractivity contribution in [2.75, 3.05) is 0 Å². The lowest BCUT2D eigenvalue weighted by Gasteiger charge is -2.23. The molecule has 0 spiro atoms. The van der Waals surface area contributed by atoms with Gasteiger partial charge in [0.05, 0.1) is 0 Å². The van der Waals surface area contributed by atoms with E-state index in [0.29, 0.717) is 6.04 Å². The van der Waals surface area contributed by atoms with E-state index in [4.69, 9.17) is 0 Å². The van der Waals surface area contributed by atoms with Crippen LogP contribution in [0.25, 0.3) is 0 Å². The summed E-state index contributed by atoms with van der Waals surface area (Å²) in [5, 5.41) is 3.63. The molecule has 0 aromatic heterocycles. The molecular weight excluding hydrogens is 225 g/mol. The van der Waals surface area contributed by atoms with Crippen LogP contribution in [0.2, 0.25) is 0 Å². The van der Waals surface area contributed by atoms with Crippen LogP contribution in [0.3, 0.4) is 0 Å². The fourth-order valence-corrected chi connectivity index (χ4v) is 2.44. The molecule has 1 nitrogen and oxygen atoms in total. The Morgan fingerprint density at radius 1 is 1.39 bits per heavy atom. The minimum atomic E-state index is -0.101. The van der Waals surface area contributed by atoms with Crippen molar-refractivity contribution in [2.45, 2.75) is 58.5 Å². The van der Waals surface area contributed by atoms with Gasteiger partial charge in [-0.3, -0.25) is 0 Å². The predicted octanol–water partition coefficient (Wildman–Crippen LogP) is 4.36. The third kappa shape index (κ3) is 3.55. The van der Waals surface area contributed by atoms with E-state index in [-0.39, 0.29) is 11.9 Å². The molecule has 2 heteroatoms. The zero-order valence-corrected chi connectivity index (χ0v) is 11.7. The number of hydrogen-bond acceptors (Lipinski definition) is 1. The van der Waals surface area contributed by atoms with Crippen LogP contribution in [0.5, 0.6) is 0 Å². The maximum absolute atomic E-state index is 13.6. The van der Waals surface area contributed by atoms with Gasteiger partial charge in [0, 0.05) is 12.1 Å². The van der Waals surface area contributed by atoms with Gasteiger partial charge in [-0.05, 0) is 49.8 Å². The Hall–Kier alpha value is -0.890. The smallest absolute Gasteiger partial charge is 0.126 e. The molecule has 18 heavy (non-hydrogen) atoms. The molecule has 2 rings (SSSR count). The van der Waals surface area contributed by atoms with Crippen molar-refractivity contribution in [1.82, 2.24) is 5.32 Å². The highest BCUT2D eigenvalue weighted by molar-refractivity contribution is 5.25. The van der Waals surface area contributed by atoms with Crippen LogP contribution in [0, 0.1) is 18.7 Å². The van der Waals surface area contributed by atoms with E-state index in [1.54, 1.807) is 13.0 Å². The van der Waals surface area contributed by atoms with Crippen LogP contribution in [0.15, 0.2) is 18.2 Å². The topological polar surface area (TPSA) is 12.0 Å². The molecule has 1 fully saturated rings. The van der Waals surface area contributed by atoms with Crippen LogP contribution in [-0.2, 0) is 0 Å². The van der Waals surface area contributed by atoms with E-state index in [1.165, 1.54) is 19.3 Å². The molecule has 0 aliphatic heterocycles. The Balaban J connectivity index is 1.96. The van der Waals surface area contributed by atoms with Gasteiger partial charge in [-0.25, -0.2) is 4.39 Å². The molecule has 2 unspecified atom stereocenters. The molecule has 1 saturated carbocycles. The summed E-state index contributed by atoms with van der Waals surface area (Å²) in [6.07, 6.45) is 5.21. The molecule has 0 heterocycles. The Morgan fingerprint density at radius 2 is 2.11 bits per heavy atom.